The molecule has 0 unspecified atom stereocenters. The highest BCUT2D eigenvalue weighted by Crippen LogP contribution is 2.31. The average molecular weight is 478 g/mol. The smallest absolute Gasteiger partial charge is 0.336 e. The molecule has 3 aromatic rings. The van der Waals surface area contributed by atoms with Gasteiger partial charge in [0.15, 0.2) is 5.75 Å². The molecule has 170 valence electrons. The van der Waals surface area contributed by atoms with Crippen LogP contribution in [0.2, 0.25) is 5.02 Å². The van der Waals surface area contributed by atoms with Gasteiger partial charge < -0.3 is 9.15 Å². The van der Waals surface area contributed by atoms with Crippen LogP contribution < -0.4 is 15.1 Å². The molecule has 1 atom stereocenters. The predicted molar refractivity (Wildman–Crippen MR) is 123 cm³/mol. The number of carbonyl (C=O) groups is 1. The number of ether oxygens (including phenoxy) is 1. The SMILES string of the molecule is CCCC[C@H](NS(=O)(=O)c1ccc(C)cc1)C(=O)Oc1cc2oc(=O)cc(C)c2cc1Cl. The largest absolute Gasteiger partial charge is 0.424 e. The van der Waals surface area contributed by atoms with Gasteiger partial charge in [-0.15, -0.1) is 0 Å². The van der Waals surface area contributed by atoms with E-state index in [4.69, 9.17) is 20.8 Å². The van der Waals surface area contributed by atoms with Gasteiger partial charge >= 0.3 is 11.6 Å². The lowest BCUT2D eigenvalue weighted by Gasteiger charge is -2.18. The van der Waals surface area contributed by atoms with Crippen LogP contribution in [0, 0.1) is 13.8 Å². The molecule has 2 aromatic carbocycles. The standard InChI is InChI=1S/C23H24ClNO6S/c1-4-5-6-19(25-32(28,29)16-9-7-14(2)8-10-16)23(27)31-21-13-20-17(12-18(21)24)15(3)11-22(26)30-20/h7-13,19,25H,4-6H2,1-3H3/t19-/m0/s1. The lowest BCUT2D eigenvalue weighted by atomic mass is 10.1. The molecule has 0 amide bonds. The van der Waals surface area contributed by atoms with Crippen molar-refractivity contribution in [3.05, 3.63) is 69.0 Å². The summed E-state index contributed by atoms with van der Waals surface area (Å²) in [4.78, 5) is 24.6. The van der Waals surface area contributed by atoms with E-state index in [2.05, 4.69) is 4.72 Å². The van der Waals surface area contributed by atoms with Crippen LogP contribution in [0.1, 0.15) is 37.3 Å². The number of rotatable bonds is 8. The normalized spacial score (nSPS) is 12.6. The number of nitrogens with one attached hydrogen (secondary N) is 1. The molecular formula is C23H24ClNO6S. The van der Waals surface area contributed by atoms with Crippen LogP contribution in [0.4, 0.5) is 0 Å². The fourth-order valence-electron chi connectivity index (χ4n) is 3.18. The van der Waals surface area contributed by atoms with Crippen molar-refractivity contribution in [1.29, 1.82) is 0 Å². The van der Waals surface area contributed by atoms with Crippen LogP contribution in [0.5, 0.6) is 5.75 Å². The summed E-state index contributed by atoms with van der Waals surface area (Å²) in [7, 11) is -3.94. The number of aryl methyl sites for hydroxylation is 2. The fraction of sp³-hybridized carbons (Fsp3) is 0.304. The molecular weight excluding hydrogens is 454 g/mol. The van der Waals surface area contributed by atoms with Crippen LogP contribution in [0.15, 0.2) is 56.6 Å². The second kappa shape index (κ2) is 9.85. The minimum atomic E-state index is -3.94. The molecule has 1 aromatic heterocycles. The molecule has 7 nitrogen and oxygen atoms in total. The Balaban J connectivity index is 1.88. The van der Waals surface area contributed by atoms with Crippen molar-refractivity contribution in [2.24, 2.45) is 0 Å². The summed E-state index contributed by atoms with van der Waals surface area (Å²) in [6, 6.07) is 9.43. The lowest BCUT2D eigenvalue weighted by molar-refractivity contribution is -0.136. The second-order valence-corrected chi connectivity index (χ2v) is 9.70. The minimum absolute atomic E-state index is 0.0195. The van der Waals surface area contributed by atoms with Crippen LogP contribution in [0.3, 0.4) is 0 Å². The number of carbonyl (C=O) groups excluding carboxylic acids is 1. The molecule has 0 saturated carbocycles. The number of unbranched alkanes of at least 4 members (excludes halogenated alkanes) is 1. The Hall–Kier alpha value is -2.68. The maximum atomic E-state index is 12.9. The number of halogens is 1. The highest BCUT2D eigenvalue weighted by molar-refractivity contribution is 7.89. The summed E-state index contributed by atoms with van der Waals surface area (Å²) in [6.07, 6.45) is 1.62. The molecule has 3 rings (SSSR count). The molecule has 0 aliphatic rings. The Morgan fingerprint density at radius 2 is 1.84 bits per heavy atom. The minimum Gasteiger partial charge on any atom is -0.424 e. The quantitative estimate of drug-likeness (QED) is 0.291. The summed E-state index contributed by atoms with van der Waals surface area (Å²) < 4.78 is 38.6. The molecule has 0 bridgehead atoms. The van der Waals surface area contributed by atoms with E-state index in [0.29, 0.717) is 17.4 Å². The van der Waals surface area contributed by atoms with Crippen LogP contribution in [-0.4, -0.2) is 20.4 Å². The van der Waals surface area contributed by atoms with Gasteiger partial charge in [0.1, 0.15) is 11.6 Å². The first kappa shape index (κ1) is 24.0. The van der Waals surface area contributed by atoms with E-state index in [0.717, 1.165) is 12.0 Å². The summed E-state index contributed by atoms with van der Waals surface area (Å²) in [5.41, 5.74) is 1.26. The van der Waals surface area contributed by atoms with Crippen molar-refractivity contribution in [2.75, 3.05) is 0 Å². The first-order chi connectivity index (χ1) is 15.1. The maximum absolute atomic E-state index is 12.9. The van der Waals surface area contributed by atoms with Crippen molar-refractivity contribution in [3.63, 3.8) is 0 Å². The summed E-state index contributed by atoms with van der Waals surface area (Å²) in [6.45, 7) is 5.52. The van der Waals surface area contributed by atoms with Gasteiger partial charge in [-0.2, -0.15) is 4.72 Å². The number of benzene rings is 2. The van der Waals surface area contributed by atoms with Gasteiger partial charge in [0.2, 0.25) is 10.0 Å². The summed E-state index contributed by atoms with van der Waals surface area (Å²) in [5.74, 6) is -0.820. The maximum Gasteiger partial charge on any atom is 0.336 e. The van der Waals surface area contributed by atoms with Crippen LogP contribution in [-0.2, 0) is 14.8 Å². The monoisotopic (exact) mass is 477 g/mol. The molecule has 0 spiro atoms. The van der Waals surface area contributed by atoms with Gasteiger partial charge in [-0.1, -0.05) is 49.1 Å². The second-order valence-electron chi connectivity index (χ2n) is 7.58. The Morgan fingerprint density at radius 3 is 2.50 bits per heavy atom. The molecule has 9 heteroatoms. The Morgan fingerprint density at radius 1 is 1.16 bits per heavy atom. The average Bonchev–Trinajstić information content (AvgIpc) is 2.72. The number of hydrogen-bond acceptors (Lipinski definition) is 6. The number of esters is 1. The summed E-state index contributed by atoms with van der Waals surface area (Å²) >= 11 is 6.28. The molecule has 1 heterocycles. The van der Waals surface area contributed by atoms with Gasteiger partial charge in [-0.25, -0.2) is 18.0 Å². The number of hydrogen-bond donors (Lipinski definition) is 1. The highest BCUT2D eigenvalue weighted by atomic mass is 35.5. The van der Waals surface area contributed by atoms with Crippen LogP contribution >= 0.6 is 11.6 Å². The first-order valence-corrected chi connectivity index (χ1v) is 12.0. The van der Waals surface area contributed by atoms with E-state index in [-0.39, 0.29) is 27.7 Å². The van der Waals surface area contributed by atoms with Gasteiger partial charge in [-0.05, 0) is 44.0 Å². The number of fused-ring (bicyclic) bond motifs is 1. The van der Waals surface area contributed by atoms with E-state index in [1.807, 2.05) is 13.8 Å². The highest BCUT2D eigenvalue weighted by Gasteiger charge is 2.27. The van der Waals surface area contributed by atoms with E-state index in [1.54, 1.807) is 19.1 Å². The van der Waals surface area contributed by atoms with Crippen molar-refractivity contribution < 1.29 is 22.4 Å². The first-order valence-electron chi connectivity index (χ1n) is 10.2. The van der Waals surface area contributed by atoms with Crippen molar-refractivity contribution in [2.45, 2.75) is 51.0 Å². The molecule has 0 aliphatic carbocycles. The topological polar surface area (TPSA) is 103 Å². The van der Waals surface area contributed by atoms with Crippen molar-refractivity contribution in [1.82, 2.24) is 4.72 Å². The lowest BCUT2D eigenvalue weighted by Crippen LogP contribution is -2.43. The molecule has 1 N–H and O–H groups in total. The molecule has 0 radical (unpaired) electrons. The zero-order valence-electron chi connectivity index (χ0n) is 18.0. The predicted octanol–water partition coefficient (Wildman–Crippen LogP) is 4.51. The molecule has 32 heavy (non-hydrogen) atoms. The third-order valence-corrected chi connectivity index (χ3v) is 6.76. The molecule has 0 saturated heterocycles. The van der Waals surface area contributed by atoms with Gasteiger partial charge in [0, 0.05) is 17.5 Å². The fourth-order valence-corrected chi connectivity index (χ4v) is 4.60. The van der Waals surface area contributed by atoms with Crippen molar-refractivity contribution >= 4 is 38.6 Å². The Labute approximate surface area is 191 Å². The molecule has 0 aliphatic heterocycles. The zero-order chi connectivity index (χ0) is 23.5. The zero-order valence-corrected chi connectivity index (χ0v) is 19.5. The van der Waals surface area contributed by atoms with Crippen molar-refractivity contribution in [3.8, 4) is 5.75 Å². The summed E-state index contributed by atoms with van der Waals surface area (Å²) in [5, 5.41) is 0.746. The van der Waals surface area contributed by atoms with Gasteiger partial charge in [-0.3, -0.25) is 0 Å². The Kier molecular flexibility index (Phi) is 7.38. The third kappa shape index (κ3) is 5.56. The number of sulfonamides is 1. The molecule has 0 fully saturated rings. The van der Waals surface area contributed by atoms with Crippen LogP contribution in [0.25, 0.3) is 11.0 Å². The Bertz CT molecular complexity index is 1300. The van der Waals surface area contributed by atoms with E-state index >= 15 is 0 Å². The van der Waals surface area contributed by atoms with Gasteiger partial charge in [0.05, 0.1) is 9.92 Å². The van der Waals surface area contributed by atoms with E-state index in [9.17, 15) is 18.0 Å². The van der Waals surface area contributed by atoms with E-state index < -0.39 is 27.7 Å². The third-order valence-electron chi connectivity index (χ3n) is 4.97. The van der Waals surface area contributed by atoms with E-state index in [1.165, 1.54) is 30.3 Å². The van der Waals surface area contributed by atoms with Gasteiger partial charge in [0.25, 0.3) is 0 Å².